The second-order valence-corrected chi connectivity index (χ2v) is 10.7. The highest BCUT2D eigenvalue weighted by Crippen LogP contribution is 2.51. The number of carbonyl (C=O) groups is 2. The minimum absolute atomic E-state index is 0.0412. The van der Waals surface area contributed by atoms with Gasteiger partial charge in [-0.25, -0.2) is 0 Å². The highest BCUT2D eigenvalue weighted by atomic mass is 16.5. The van der Waals surface area contributed by atoms with E-state index in [1.807, 2.05) is 36.1 Å². The largest absolute Gasteiger partial charge is 0.380 e. The van der Waals surface area contributed by atoms with Crippen LogP contribution in [0.15, 0.2) is 35.4 Å². The Labute approximate surface area is 204 Å². The molecular weight excluding hydrogens is 426 g/mol. The highest BCUT2D eigenvalue weighted by Gasteiger charge is 2.58. The number of ketones is 2. The van der Waals surface area contributed by atoms with Crippen molar-refractivity contribution in [2.24, 2.45) is 5.41 Å². The van der Waals surface area contributed by atoms with Crippen molar-refractivity contribution in [2.75, 3.05) is 18.1 Å². The number of allylic oxidation sites excluding steroid dienone is 2. The van der Waals surface area contributed by atoms with Gasteiger partial charge >= 0.3 is 0 Å². The van der Waals surface area contributed by atoms with E-state index in [1.54, 1.807) is 6.92 Å². The Morgan fingerprint density at radius 2 is 1.65 bits per heavy atom. The fourth-order valence-corrected chi connectivity index (χ4v) is 6.14. The number of fused-ring (bicyclic) bond motifs is 3. The van der Waals surface area contributed by atoms with Crippen LogP contribution in [0.5, 0.6) is 0 Å². The Balaban J connectivity index is 1.37. The molecule has 5 heteroatoms. The van der Waals surface area contributed by atoms with Gasteiger partial charge < -0.3 is 14.7 Å². The average molecular weight is 468 g/mol. The molecule has 3 atom stereocenters. The van der Waals surface area contributed by atoms with Gasteiger partial charge in [-0.05, 0) is 38.3 Å². The molecule has 0 amide bonds. The first-order valence-corrected chi connectivity index (χ1v) is 13.3. The van der Waals surface area contributed by atoms with Gasteiger partial charge in [0, 0.05) is 29.8 Å². The van der Waals surface area contributed by atoms with Crippen LogP contribution in [0.2, 0.25) is 0 Å². The molecule has 0 spiro atoms. The van der Waals surface area contributed by atoms with Crippen LogP contribution in [0.1, 0.15) is 97.0 Å². The van der Waals surface area contributed by atoms with Crippen molar-refractivity contribution in [3.8, 4) is 0 Å². The van der Waals surface area contributed by atoms with Crippen molar-refractivity contribution < 1.29 is 19.4 Å². The number of carbonyl (C=O) groups excluding carboxylic acids is 2. The predicted molar refractivity (Wildman–Crippen MR) is 135 cm³/mol. The van der Waals surface area contributed by atoms with E-state index in [9.17, 15) is 14.7 Å². The van der Waals surface area contributed by atoms with Crippen molar-refractivity contribution in [3.63, 3.8) is 0 Å². The van der Waals surface area contributed by atoms with Crippen LogP contribution < -0.4 is 4.90 Å². The third-order valence-electron chi connectivity index (χ3n) is 8.22. The molecule has 0 bridgehead atoms. The van der Waals surface area contributed by atoms with Gasteiger partial charge in [0.25, 0.3) is 0 Å². The molecule has 186 valence electrons. The molecule has 3 aliphatic rings. The van der Waals surface area contributed by atoms with Gasteiger partial charge in [0.2, 0.25) is 0 Å². The molecule has 2 heterocycles. The lowest BCUT2D eigenvalue weighted by molar-refractivity contribution is -0.133. The first kappa shape index (κ1) is 25.1. The van der Waals surface area contributed by atoms with E-state index < -0.39 is 17.2 Å². The zero-order chi connectivity index (χ0) is 24.3. The number of rotatable bonds is 12. The van der Waals surface area contributed by atoms with Crippen LogP contribution in [-0.4, -0.2) is 36.1 Å². The summed E-state index contributed by atoms with van der Waals surface area (Å²) in [7, 11) is 0. The fraction of sp³-hybridized carbons (Fsp3) is 0.655. The molecule has 1 saturated heterocycles. The van der Waals surface area contributed by atoms with E-state index in [4.69, 9.17) is 4.74 Å². The molecule has 0 radical (unpaired) electrons. The molecule has 0 saturated carbocycles. The molecule has 1 fully saturated rings. The zero-order valence-electron chi connectivity index (χ0n) is 21.2. The minimum atomic E-state index is -1.14. The summed E-state index contributed by atoms with van der Waals surface area (Å²) in [5.41, 5.74) is 0.815. The summed E-state index contributed by atoms with van der Waals surface area (Å²) >= 11 is 0. The molecule has 5 nitrogen and oxygen atoms in total. The average Bonchev–Trinajstić information content (AvgIpc) is 3.38. The fourth-order valence-electron chi connectivity index (χ4n) is 6.14. The molecule has 1 aromatic carbocycles. The van der Waals surface area contributed by atoms with Crippen molar-refractivity contribution >= 4 is 17.3 Å². The van der Waals surface area contributed by atoms with Gasteiger partial charge in [-0.2, -0.15) is 0 Å². The van der Waals surface area contributed by atoms with Crippen LogP contribution >= 0.6 is 0 Å². The van der Waals surface area contributed by atoms with Gasteiger partial charge in [-0.1, -0.05) is 76.5 Å². The second kappa shape index (κ2) is 10.3. The maximum absolute atomic E-state index is 13.6. The smallest absolute Gasteiger partial charge is 0.174 e. The van der Waals surface area contributed by atoms with Gasteiger partial charge in [-0.15, -0.1) is 0 Å². The predicted octanol–water partition coefficient (Wildman–Crippen LogP) is 5.84. The number of ether oxygens (including phenoxy) is 1. The maximum Gasteiger partial charge on any atom is 0.174 e. The quantitative estimate of drug-likeness (QED) is 0.309. The lowest BCUT2D eigenvalue weighted by atomic mass is 9.82. The first-order valence-electron chi connectivity index (χ1n) is 13.3. The normalized spacial score (nSPS) is 28.2. The molecule has 0 aromatic heterocycles. The van der Waals surface area contributed by atoms with E-state index in [2.05, 4.69) is 6.92 Å². The van der Waals surface area contributed by atoms with Gasteiger partial charge in [0.1, 0.15) is 11.0 Å². The van der Waals surface area contributed by atoms with Crippen molar-refractivity contribution in [2.45, 2.75) is 103 Å². The number of hydrogen-bond acceptors (Lipinski definition) is 5. The number of benzene rings is 1. The van der Waals surface area contributed by atoms with Crippen molar-refractivity contribution in [3.05, 3.63) is 41.0 Å². The van der Waals surface area contributed by atoms with E-state index in [0.717, 1.165) is 24.1 Å². The van der Waals surface area contributed by atoms with Crippen molar-refractivity contribution in [1.29, 1.82) is 0 Å². The summed E-state index contributed by atoms with van der Waals surface area (Å²) < 4.78 is 5.93. The Morgan fingerprint density at radius 3 is 2.35 bits per heavy atom. The Kier molecular flexibility index (Phi) is 7.63. The highest BCUT2D eigenvalue weighted by molar-refractivity contribution is 6.27. The van der Waals surface area contributed by atoms with Gasteiger partial charge in [0.15, 0.2) is 17.8 Å². The molecule has 1 N–H and O–H groups in total. The maximum atomic E-state index is 13.6. The molecule has 0 unspecified atom stereocenters. The van der Waals surface area contributed by atoms with E-state index in [1.165, 1.54) is 44.9 Å². The lowest BCUT2D eigenvalue weighted by Crippen LogP contribution is -2.50. The standard InChI is InChI=1S/C29H41NO4/c1-4-5-6-7-8-9-10-11-12-15-22-21(2)25(31)28(3,26(22)32)20-30-24-17-14-13-16-23(24)29(33)18-19-34-27(29)30/h13-14,16-17,27,33H,4-12,15,18-20H2,1-3H3/t27-,28-,29+/m0/s1. The van der Waals surface area contributed by atoms with Crippen LogP contribution in [0.3, 0.4) is 0 Å². The molecule has 4 rings (SSSR count). The van der Waals surface area contributed by atoms with Crippen LogP contribution in [-0.2, 0) is 19.9 Å². The molecule has 1 aromatic rings. The van der Waals surface area contributed by atoms with Crippen molar-refractivity contribution in [1.82, 2.24) is 0 Å². The van der Waals surface area contributed by atoms with Gasteiger partial charge in [0.05, 0.1) is 6.61 Å². The van der Waals surface area contributed by atoms with Crippen LogP contribution in [0.25, 0.3) is 0 Å². The number of nitrogens with zero attached hydrogens (tertiary/aromatic N) is 1. The Bertz CT molecular complexity index is 953. The summed E-state index contributed by atoms with van der Waals surface area (Å²) in [5.74, 6) is -0.116. The molecular formula is C29H41NO4. The minimum Gasteiger partial charge on any atom is -0.380 e. The summed E-state index contributed by atoms with van der Waals surface area (Å²) in [4.78, 5) is 28.9. The summed E-state index contributed by atoms with van der Waals surface area (Å²) in [5, 5.41) is 11.3. The molecule has 1 aliphatic carbocycles. The van der Waals surface area contributed by atoms with E-state index >= 15 is 0 Å². The number of para-hydroxylation sites is 1. The first-order chi connectivity index (χ1) is 16.3. The number of anilines is 1. The lowest BCUT2D eigenvalue weighted by Gasteiger charge is -2.34. The van der Waals surface area contributed by atoms with Gasteiger partial charge in [-0.3, -0.25) is 9.59 Å². The summed E-state index contributed by atoms with van der Waals surface area (Å²) in [6.45, 7) is 6.52. The third-order valence-corrected chi connectivity index (χ3v) is 8.22. The topological polar surface area (TPSA) is 66.8 Å². The van der Waals surface area contributed by atoms with E-state index in [0.29, 0.717) is 30.6 Å². The van der Waals surface area contributed by atoms with E-state index in [-0.39, 0.29) is 18.1 Å². The second-order valence-electron chi connectivity index (χ2n) is 10.7. The Morgan fingerprint density at radius 1 is 1.00 bits per heavy atom. The third kappa shape index (κ3) is 4.37. The molecule has 34 heavy (non-hydrogen) atoms. The number of hydrogen-bond donors (Lipinski definition) is 1. The molecule has 2 aliphatic heterocycles. The number of unbranched alkanes of at least 4 members (excludes halogenated alkanes) is 8. The van der Waals surface area contributed by atoms with Crippen LogP contribution in [0.4, 0.5) is 5.69 Å². The summed E-state index contributed by atoms with van der Waals surface area (Å²) in [6.07, 6.45) is 11.7. The summed E-state index contributed by atoms with van der Waals surface area (Å²) in [6, 6.07) is 7.72. The SMILES string of the molecule is CCCCCCCCCCCC1=C(C)C(=O)[C@](C)(CN2c3ccccc3[C@]3(O)CCO[C@H]23)C1=O. The Hall–Kier alpha value is -1.98. The van der Waals surface area contributed by atoms with Crippen LogP contribution in [0, 0.1) is 5.41 Å². The number of aliphatic hydroxyl groups is 1. The number of Topliss-reactive ketones (excluding diaryl/α,β-unsaturated/α-hetero) is 2. The monoisotopic (exact) mass is 467 g/mol. The zero-order valence-corrected chi connectivity index (χ0v) is 21.2.